The molecule has 0 aliphatic rings. The van der Waals surface area contributed by atoms with Gasteiger partial charge in [-0.15, -0.1) is 0 Å². The Morgan fingerprint density at radius 1 is 0.372 bits per heavy atom. The highest BCUT2D eigenvalue weighted by atomic mass is 31.2. The number of aliphatic hydroxyl groups excluding tert-OH is 1. The minimum atomic E-state index is -4.78. The van der Waals surface area contributed by atoms with Gasteiger partial charge in [0.1, 0.15) is 12.7 Å². The van der Waals surface area contributed by atoms with E-state index in [9.17, 15) is 28.9 Å². The largest absolute Gasteiger partial charge is 0.472 e. The lowest BCUT2D eigenvalue weighted by molar-refractivity contribution is -0.161. The summed E-state index contributed by atoms with van der Waals surface area (Å²) in [6, 6.07) is 0. The normalized spacial score (nSPS) is 14.2. The Kier molecular flexibility index (Phi) is 55.9. The van der Waals surface area contributed by atoms with Crippen molar-refractivity contribution in [2.45, 2.75) is 251 Å². The van der Waals surface area contributed by atoms with Gasteiger partial charge in [0, 0.05) is 19.3 Å². The summed E-state index contributed by atoms with van der Waals surface area (Å²) in [5.74, 6) is -1.56. The van der Waals surface area contributed by atoms with Crippen LogP contribution < -0.4 is 0 Å². The van der Waals surface area contributed by atoms with E-state index in [1.165, 1.54) is 51.4 Å². The molecule has 0 radical (unpaired) electrons. The molecular weight excluding hydrogens is 1000 g/mol. The summed E-state index contributed by atoms with van der Waals surface area (Å²) in [7, 11) is -4.78. The number of phosphoric acid groups is 1. The fourth-order valence-electron chi connectivity index (χ4n) is 7.79. The lowest BCUT2D eigenvalue weighted by atomic mass is 10.1. The summed E-state index contributed by atoms with van der Waals surface area (Å²) < 4.78 is 39.5. The molecule has 0 rings (SSSR count). The van der Waals surface area contributed by atoms with Gasteiger partial charge in [-0.25, -0.2) is 4.57 Å². The summed E-state index contributed by atoms with van der Waals surface area (Å²) >= 11 is 0. The van der Waals surface area contributed by atoms with Crippen molar-refractivity contribution in [3.05, 3.63) is 122 Å². The van der Waals surface area contributed by atoms with Crippen molar-refractivity contribution in [3.8, 4) is 0 Å². The molecule has 0 saturated carbocycles. The van der Waals surface area contributed by atoms with Crippen molar-refractivity contribution in [2.75, 3.05) is 26.4 Å². The number of carbonyl (C=O) groups is 3. The highest BCUT2D eigenvalue weighted by Gasteiger charge is 2.28. The Hall–Kier alpha value is -4.12. The molecule has 3 atom stereocenters. The van der Waals surface area contributed by atoms with Gasteiger partial charge in [-0.2, -0.15) is 0 Å². The molecule has 2 N–H and O–H groups in total. The Labute approximate surface area is 475 Å². The van der Waals surface area contributed by atoms with Crippen molar-refractivity contribution in [1.82, 2.24) is 0 Å². The third kappa shape index (κ3) is 56.6. The summed E-state index contributed by atoms with van der Waals surface area (Å²) in [5, 5.41) is 9.83. The second-order valence-electron chi connectivity index (χ2n) is 19.7. The van der Waals surface area contributed by atoms with Gasteiger partial charge in [0.15, 0.2) is 6.10 Å². The number of aliphatic hydroxyl groups is 1. The molecule has 0 saturated heterocycles. The number of carbonyl (C=O) groups excluding carboxylic acids is 3. The van der Waals surface area contributed by atoms with Gasteiger partial charge in [0.2, 0.25) is 0 Å². The summed E-state index contributed by atoms with van der Waals surface area (Å²) in [4.78, 5) is 48.6. The lowest BCUT2D eigenvalue weighted by Gasteiger charge is -2.21. The number of esters is 3. The van der Waals surface area contributed by atoms with Crippen LogP contribution in [0, 0.1) is 0 Å². The fraction of sp³-hybridized carbons (Fsp3) is 0.652. The molecule has 78 heavy (non-hydrogen) atoms. The van der Waals surface area contributed by atoms with Crippen LogP contribution >= 0.6 is 7.82 Å². The zero-order chi connectivity index (χ0) is 56.9. The zero-order valence-electron chi connectivity index (χ0n) is 49.1. The van der Waals surface area contributed by atoms with Gasteiger partial charge in [0.05, 0.1) is 19.8 Å². The first-order valence-electron chi connectivity index (χ1n) is 30.4. The average Bonchev–Trinajstić information content (AvgIpc) is 3.43. The van der Waals surface area contributed by atoms with Crippen LogP contribution in [0.15, 0.2) is 122 Å². The van der Waals surface area contributed by atoms with Gasteiger partial charge in [-0.3, -0.25) is 23.4 Å². The average molecular weight is 1110 g/mol. The standard InChI is InChI=1S/C66H109O11P/c1-4-7-10-13-16-19-22-25-28-30-31-33-36-39-42-45-48-51-54-57-66(70)77-63(59-73-64(68)55-52-49-46-43-40-37-35-32-29-26-23-20-17-14-11-8-5-2)61-75-78(71,72)74-60-62(58-67)76-65(69)56-53-50-47-44-41-38-34-27-24-21-18-15-12-9-6-3/h8-9,11-12,16-21,25-29,34-35,37,43,46,62-63,67H,4-7,10,13-15,22-24,30-33,36,38-42,44-45,47-61H2,1-3H3,(H,71,72)/b11-8-,12-9-,19-16-,20-17-,21-18-,28-25-,29-26-,34-27-,37-35-,46-43-. The van der Waals surface area contributed by atoms with E-state index >= 15 is 0 Å². The number of phosphoric ester groups is 1. The summed E-state index contributed by atoms with van der Waals surface area (Å²) in [6.45, 7) is 4.31. The van der Waals surface area contributed by atoms with Gasteiger partial charge in [-0.05, 0) is 122 Å². The molecule has 0 aromatic rings. The van der Waals surface area contributed by atoms with Crippen molar-refractivity contribution in [1.29, 1.82) is 0 Å². The van der Waals surface area contributed by atoms with E-state index in [-0.39, 0.29) is 25.9 Å². The molecule has 0 aromatic carbocycles. The fourth-order valence-corrected chi connectivity index (χ4v) is 8.57. The van der Waals surface area contributed by atoms with Crippen molar-refractivity contribution in [3.63, 3.8) is 0 Å². The first-order valence-corrected chi connectivity index (χ1v) is 31.9. The van der Waals surface area contributed by atoms with Gasteiger partial charge >= 0.3 is 25.7 Å². The Morgan fingerprint density at radius 2 is 0.679 bits per heavy atom. The molecule has 3 unspecified atom stereocenters. The van der Waals surface area contributed by atoms with Crippen LogP contribution in [0.25, 0.3) is 0 Å². The smallest absolute Gasteiger partial charge is 0.462 e. The van der Waals surface area contributed by atoms with Crippen LogP contribution in [0.4, 0.5) is 0 Å². The quantitative estimate of drug-likeness (QED) is 0.0197. The molecule has 444 valence electrons. The van der Waals surface area contributed by atoms with E-state index in [1.807, 2.05) is 6.08 Å². The second kappa shape index (κ2) is 59.0. The van der Waals surface area contributed by atoms with Crippen LogP contribution in [-0.2, 0) is 42.2 Å². The van der Waals surface area contributed by atoms with Gasteiger partial charge < -0.3 is 24.2 Å². The van der Waals surface area contributed by atoms with E-state index in [2.05, 4.69) is 136 Å². The number of hydrogen-bond donors (Lipinski definition) is 2. The molecule has 0 spiro atoms. The highest BCUT2D eigenvalue weighted by molar-refractivity contribution is 7.47. The SMILES string of the molecule is CC/C=C\C/C=C\C/C=C\C/C=C\C/C=C\CCCC(=O)OCC(COP(=O)(O)OCC(CO)OC(=O)CCCCCCC/C=C\C/C=C\C/C=C\CC)OC(=O)CCCCCCCCCCC/C=C\C/C=C\CCCCC. The van der Waals surface area contributed by atoms with Crippen LogP contribution in [0.1, 0.15) is 239 Å². The maximum Gasteiger partial charge on any atom is 0.472 e. The second-order valence-corrected chi connectivity index (χ2v) is 21.2. The number of unbranched alkanes of at least 4 members (excludes halogenated alkanes) is 18. The minimum absolute atomic E-state index is 0.141. The van der Waals surface area contributed by atoms with E-state index in [0.717, 1.165) is 122 Å². The third-order valence-electron chi connectivity index (χ3n) is 12.3. The van der Waals surface area contributed by atoms with Crippen LogP contribution in [0.5, 0.6) is 0 Å². The molecular formula is C66H109O11P. The van der Waals surface area contributed by atoms with Crippen LogP contribution in [0.3, 0.4) is 0 Å². The monoisotopic (exact) mass is 1110 g/mol. The van der Waals surface area contributed by atoms with Crippen molar-refractivity contribution < 1.29 is 52.2 Å². The van der Waals surface area contributed by atoms with Crippen LogP contribution in [-0.4, -0.2) is 66.5 Å². The first kappa shape index (κ1) is 73.9. The summed E-state index contributed by atoms with van der Waals surface area (Å²) in [5.41, 5.74) is 0. The predicted molar refractivity (Wildman–Crippen MR) is 325 cm³/mol. The van der Waals surface area contributed by atoms with Gasteiger partial charge in [0.25, 0.3) is 0 Å². The van der Waals surface area contributed by atoms with Crippen LogP contribution in [0.2, 0.25) is 0 Å². The van der Waals surface area contributed by atoms with Crippen molar-refractivity contribution in [2.24, 2.45) is 0 Å². The Morgan fingerprint density at radius 3 is 1.06 bits per heavy atom. The maximum absolute atomic E-state index is 12.9. The van der Waals surface area contributed by atoms with E-state index in [1.54, 1.807) is 0 Å². The van der Waals surface area contributed by atoms with E-state index < -0.39 is 57.8 Å². The number of allylic oxidation sites excluding steroid dienone is 20. The molecule has 0 aliphatic heterocycles. The molecule has 0 heterocycles. The number of rotatable bonds is 55. The number of ether oxygens (including phenoxy) is 3. The molecule has 0 fully saturated rings. The molecule has 0 aliphatic carbocycles. The van der Waals surface area contributed by atoms with Gasteiger partial charge in [-0.1, -0.05) is 219 Å². The summed E-state index contributed by atoms with van der Waals surface area (Å²) in [6.07, 6.45) is 73.0. The number of hydrogen-bond acceptors (Lipinski definition) is 10. The first-order chi connectivity index (χ1) is 38.2. The predicted octanol–water partition coefficient (Wildman–Crippen LogP) is 18.4. The Bertz CT molecular complexity index is 1770. The Balaban J connectivity index is 4.82. The third-order valence-corrected chi connectivity index (χ3v) is 13.3. The molecule has 11 nitrogen and oxygen atoms in total. The highest BCUT2D eigenvalue weighted by Crippen LogP contribution is 2.43. The van der Waals surface area contributed by atoms with E-state index in [4.69, 9.17) is 23.3 Å². The molecule has 0 bridgehead atoms. The topological polar surface area (TPSA) is 155 Å². The lowest BCUT2D eigenvalue weighted by Crippen LogP contribution is -2.30. The molecule has 12 heteroatoms. The van der Waals surface area contributed by atoms with Crippen molar-refractivity contribution >= 4 is 25.7 Å². The minimum Gasteiger partial charge on any atom is -0.462 e. The van der Waals surface area contributed by atoms with E-state index in [0.29, 0.717) is 25.7 Å². The zero-order valence-corrected chi connectivity index (χ0v) is 50.0. The molecule has 0 aromatic heterocycles. The molecule has 0 amide bonds. The maximum atomic E-state index is 12.9.